The SMILES string of the molecule is CCc1nn(CC)c(CC(C)C(C)NC2CC2)c1Br. The molecule has 1 heterocycles. The van der Waals surface area contributed by atoms with Gasteiger partial charge in [0, 0.05) is 18.6 Å². The predicted octanol–water partition coefficient (Wildman–Crippen LogP) is 3.55. The molecular weight excluding hydrogens is 302 g/mol. The molecule has 1 aromatic rings. The number of hydrogen-bond donors (Lipinski definition) is 1. The maximum Gasteiger partial charge on any atom is 0.0766 e. The lowest BCUT2D eigenvalue weighted by Crippen LogP contribution is -2.35. The summed E-state index contributed by atoms with van der Waals surface area (Å²) >= 11 is 3.74. The minimum Gasteiger partial charge on any atom is -0.311 e. The Balaban J connectivity index is 2.05. The third-order valence-electron chi connectivity index (χ3n) is 4.14. The van der Waals surface area contributed by atoms with E-state index in [9.17, 15) is 0 Å². The molecule has 4 heteroatoms. The summed E-state index contributed by atoms with van der Waals surface area (Å²) in [5, 5.41) is 8.39. The smallest absolute Gasteiger partial charge is 0.0766 e. The van der Waals surface area contributed by atoms with Crippen molar-refractivity contribution >= 4 is 15.9 Å². The Hall–Kier alpha value is -0.350. The first-order chi connectivity index (χ1) is 9.06. The molecule has 1 aromatic heterocycles. The molecule has 1 saturated carbocycles. The third kappa shape index (κ3) is 3.60. The van der Waals surface area contributed by atoms with Gasteiger partial charge < -0.3 is 5.32 Å². The van der Waals surface area contributed by atoms with Crippen molar-refractivity contribution in [1.29, 1.82) is 0 Å². The number of nitrogens with one attached hydrogen (secondary N) is 1. The normalized spacial score (nSPS) is 18.6. The Bertz CT molecular complexity index is 423. The van der Waals surface area contributed by atoms with E-state index >= 15 is 0 Å². The van der Waals surface area contributed by atoms with Crippen molar-refractivity contribution in [3.63, 3.8) is 0 Å². The molecule has 0 aromatic carbocycles. The summed E-state index contributed by atoms with van der Waals surface area (Å²) in [4.78, 5) is 0. The topological polar surface area (TPSA) is 29.9 Å². The molecule has 3 nitrogen and oxygen atoms in total. The highest BCUT2D eigenvalue weighted by atomic mass is 79.9. The fourth-order valence-electron chi connectivity index (χ4n) is 2.48. The molecule has 0 amide bonds. The molecule has 0 saturated heterocycles. The second-order valence-electron chi connectivity index (χ2n) is 5.79. The molecule has 0 radical (unpaired) electrons. The fraction of sp³-hybridized carbons (Fsp3) is 0.800. The summed E-state index contributed by atoms with van der Waals surface area (Å²) < 4.78 is 3.38. The second-order valence-corrected chi connectivity index (χ2v) is 6.58. The van der Waals surface area contributed by atoms with Gasteiger partial charge in [0.25, 0.3) is 0 Å². The van der Waals surface area contributed by atoms with Gasteiger partial charge in [-0.25, -0.2) is 0 Å². The van der Waals surface area contributed by atoms with Crippen molar-refractivity contribution in [1.82, 2.24) is 15.1 Å². The molecular formula is C15H26BrN3. The number of rotatable bonds is 7. The Morgan fingerprint density at radius 3 is 2.58 bits per heavy atom. The van der Waals surface area contributed by atoms with E-state index in [0.717, 1.165) is 25.4 Å². The van der Waals surface area contributed by atoms with E-state index in [2.05, 4.69) is 58.7 Å². The van der Waals surface area contributed by atoms with E-state index in [-0.39, 0.29) is 0 Å². The fourth-order valence-corrected chi connectivity index (χ4v) is 3.21. The van der Waals surface area contributed by atoms with Crippen LogP contribution in [-0.2, 0) is 19.4 Å². The van der Waals surface area contributed by atoms with Crippen LogP contribution in [-0.4, -0.2) is 21.9 Å². The zero-order chi connectivity index (χ0) is 14.0. The van der Waals surface area contributed by atoms with E-state index in [4.69, 9.17) is 0 Å². The first-order valence-electron chi connectivity index (χ1n) is 7.56. The summed E-state index contributed by atoms with van der Waals surface area (Å²) in [6.45, 7) is 9.93. The minimum absolute atomic E-state index is 0.574. The number of halogens is 1. The van der Waals surface area contributed by atoms with Crippen LogP contribution in [0.3, 0.4) is 0 Å². The summed E-state index contributed by atoms with van der Waals surface area (Å²) in [6, 6.07) is 1.35. The molecule has 1 N–H and O–H groups in total. The number of aryl methyl sites for hydroxylation is 2. The van der Waals surface area contributed by atoms with Crippen LogP contribution in [0.2, 0.25) is 0 Å². The van der Waals surface area contributed by atoms with Gasteiger partial charge in [0.1, 0.15) is 0 Å². The lowest BCUT2D eigenvalue weighted by molar-refractivity contribution is 0.386. The van der Waals surface area contributed by atoms with Crippen molar-refractivity contribution in [2.45, 2.75) is 72.0 Å². The number of nitrogens with zero attached hydrogens (tertiary/aromatic N) is 2. The van der Waals surface area contributed by atoms with Gasteiger partial charge in [0.15, 0.2) is 0 Å². The molecule has 1 aliphatic rings. The lowest BCUT2D eigenvalue weighted by Gasteiger charge is -2.21. The maximum absolute atomic E-state index is 4.68. The van der Waals surface area contributed by atoms with Crippen LogP contribution in [0.1, 0.15) is 51.9 Å². The van der Waals surface area contributed by atoms with Crippen LogP contribution in [0.5, 0.6) is 0 Å². The Morgan fingerprint density at radius 1 is 1.37 bits per heavy atom. The maximum atomic E-state index is 4.68. The van der Waals surface area contributed by atoms with Crippen molar-refractivity contribution < 1.29 is 0 Å². The summed E-state index contributed by atoms with van der Waals surface area (Å²) in [5.41, 5.74) is 2.54. The van der Waals surface area contributed by atoms with Gasteiger partial charge >= 0.3 is 0 Å². The van der Waals surface area contributed by atoms with Crippen LogP contribution in [0.25, 0.3) is 0 Å². The zero-order valence-electron chi connectivity index (χ0n) is 12.5. The minimum atomic E-state index is 0.574. The monoisotopic (exact) mass is 327 g/mol. The summed E-state index contributed by atoms with van der Waals surface area (Å²) in [7, 11) is 0. The predicted molar refractivity (Wildman–Crippen MR) is 83.5 cm³/mol. The molecule has 2 atom stereocenters. The number of aromatic nitrogens is 2. The van der Waals surface area contributed by atoms with Gasteiger partial charge in [-0.1, -0.05) is 13.8 Å². The summed E-state index contributed by atoms with van der Waals surface area (Å²) in [5.74, 6) is 0.628. The van der Waals surface area contributed by atoms with Gasteiger partial charge in [-0.15, -0.1) is 0 Å². The standard InChI is InChI=1S/C15H26BrN3/c1-5-13-15(16)14(19(6-2)18-13)9-10(3)11(4)17-12-7-8-12/h10-12,17H,5-9H2,1-4H3. The average Bonchev–Trinajstić information content (AvgIpc) is 3.15. The highest BCUT2D eigenvalue weighted by Gasteiger charge is 2.26. The molecule has 0 aliphatic heterocycles. The van der Waals surface area contributed by atoms with Gasteiger partial charge in [0.2, 0.25) is 0 Å². The van der Waals surface area contributed by atoms with Crippen LogP contribution < -0.4 is 5.32 Å². The molecule has 0 bridgehead atoms. The molecule has 108 valence electrons. The Labute approximate surface area is 125 Å². The highest BCUT2D eigenvalue weighted by molar-refractivity contribution is 9.10. The van der Waals surface area contributed by atoms with Crippen molar-refractivity contribution in [2.75, 3.05) is 0 Å². The molecule has 19 heavy (non-hydrogen) atoms. The molecule has 1 aliphatic carbocycles. The van der Waals surface area contributed by atoms with Crippen LogP contribution in [0, 0.1) is 5.92 Å². The van der Waals surface area contributed by atoms with Crippen LogP contribution in [0.4, 0.5) is 0 Å². The second kappa shape index (κ2) is 6.40. The van der Waals surface area contributed by atoms with E-state index in [1.807, 2.05) is 0 Å². The van der Waals surface area contributed by atoms with Crippen LogP contribution in [0.15, 0.2) is 4.47 Å². The zero-order valence-corrected chi connectivity index (χ0v) is 14.1. The highest BCUT2D eigenvalue weighted by Crippen LogP contribution is 2.27. The molecule has 0 spiro atoms. The van der Waals surface area contributed by atoms with Crippen molar-refractivity contribution in [2.24, 2.45) is 5.92 Å². The lowest BCUT2D eigenvalue weighted by atomic mass is 9.97. The van der Waals surface area contributed by atoms with Crippen LogP contribution >= 0.6 is 15.9 Å². The molecule has 2 rings (SSSR count). The third-order valence-corrected chi connectivity index (χ3v) is 5.05. The van der Waals surface area contributed by atoms with Crippen molar-refractivity contribution in [3.8, 4) is 0 Å². The Kier molecular flexibility index (Phi) is 5.07. The first-order valence-corrected chi connectivity index (χ1v) is 8.36. The van der Waals surface area contributed by atoms with Gasteiger partial charge in [-0.2, -0.15) is 5.10 Å². The molecule has 2 unspecified atom stereocenters. The summed E-state index contributed by atoms with van der Waals surface area (Å²) in [6.07, 6.45) is 4.79. The molecule has 1 fully saturated rings. The van der Waals surface area contributed by atoms with E-state index in [1.54, 1.807) is 0 Å². The van der Waals surface area contributed by atoms with E-state index in [1.165, 1.54) is 28.7 Å². The first kappa shape index (κ1) is 15.0. The average molecular weight is 328 g/mol. The van der Waals surface area contributed by atoms with Gasteiger partial charge in [-0.3, -0.25) is 4.68 Å². The van der Waals surface area contributed by atoms with E-state index < -0.39 is 0 Å². The van der Waals surface area contributed by atoms with Crippen molar-refractivity contribution in [3.05, 3.63) is 15.9 Å². The van der Waals surface area contributed by atoms with Gasteiger partial charge in [0.05, 0.1) is 15.9 Å². The largest absolute Gasteiger partial charge is 0.311 e. The Morgan fingerprint density at radius 2 is 2.05 bits per heavy atom. The van der Waals surface area contributed by atoms with Gasteiger partial charge in [-0.05, 0) is 61.4 Å². The van der Waals surface area contributed by atoms with E-state index in [0.29, 0.717) is 12.0 Å². The number of hydrogen-bond acceptors (Lipinski definition) is 2. The quantitative estimate of drug-likeness (QED) is 0.830.